The molecule has 144 valence electrons. The number of ether oxygens (including phenoxy) is 3. The van der Waals surface area contributed by atoms with Crippen LogP contribution in [0.4, 0.5) is 0 Å². The molecule has 0 radical (unpaired) electrons. The van der Waals surface area contributed by atoms with E-state index in [1.54, 1.807) is 67.8 Å². The number of rotatable bonds is 4. The molecule has 1 aliphatic rings. The maximum absolute atomic E-state index is 12.6. The van der Waals surface area contributed by atoms with Gasteiger partial charge in [-0.1, -0.05) is 35.9 Å². The monoisotopic (exact) mass is 386 g/mol. The Labute approximate surface area is 168 Å². The Morgan fingerprint density at radius 3 is 2.52 bits per heavy atom. The molecule has 0 saturated heterocycles. The van der Waals surface area contributed by atoms with Crippen molar-refractivity contribution in [2.75, 3.05) is 7.11 Å². The summed E-state index contributed by atoms with van der Waals surface area (Å²) >= 11 is 0. The summed E-state index contributed by atoms with van der Waals surface area (Å²) in [5, 5.41) is 0. The molecular formula is C24H18O5. The maximum Gasteiger partial charge on any atom is 0.343 e. The summed E-state index contributed by atoms with van der Waals surface area (Å²) in [7, 11) is 1.55. The second-order valence-electron chi connectivity index (χ2n) is 6.60. The van der Waals surface area contributed by atoms with Crippen LogP contribution in [0.25, 0.3) is 6.08 Å². The van der Waals surface area contributed by atoms with Gasteiger partial charge in [0.2, 0.25) is 5.78 Å². The van der Waals surface area contributed by atoms with Gasteiger partial charge in [-0.2, -0.15) is 0 Å². The molecule has 0 spiro atoms. The number of methoxy groups -OCH3 is 1. The number of aryl methyl sites for hydroxylation is 1. The van der Waals surface area contributed by atoms with E-state index in [-0.39, 0.29) is 11.5 Å². The standard InChI is InChI=1S/C24H18O5/c1-15-7-9-16(10-8-15)24(26)29-20-6-4-3-5-17(20)13-22-23(25)19-12-11-18(27-2)14-21(19)28-22/h3-14H,1-2H3/b22-13-. The number of carbonyl (C=O) groups excluding carboxylic acids is 2. The van der Waals surface area contributed by atoms with E-state index in [2.05, 4.69) is 0 Å². The van der Waals surface area contributed by atoms with Crippen molar-refractivity contribution in [2.45, 2.75) is 6.92 Å². The molecule has 0 N–H and O–H groups in total. The van der Waals surface area contributed by atoms with Crippen LogP contribution in [-0.2, 0) is 0 Å². The van der Waals surface area contributed by atoms with Gasteiger partial charge in [-0.05, 0) is 43.3 Å². The van der Waals surface area contributed by atoms with Crippen molar-refractivity contribution < 1.29 is 23.8 Å². The highest BCUT2D eigenvalue weighted by Gasteiger charge is 2.28. The maximum atomic E-state index is 12.6. The zero-order valence-corrected chi connectivity index (χ0v) is 16.0. The van der Waals surface area contributed by atoms with Crippen LogP contribution in [0.5, 0.6) is 17.2 Å². The van der Waals surface area contributed by atoms with Crippen LogP contribution >= 0.6 is 0 Å². The molecule has 0 bridgehead atoms. The third-order valence-electron chi connectivity index (χ3n) is 4.57. The number of para-hydroxylation sites is 1. The molecule has 1 heterocycles. The van der Waals surface area contributed by atoms with E-state index in [4.69, 9.17) is 14.2 Å². The quantitative estimate of drug-likeness (QED) is 0.365. The van der Waals surface area contributed by atoms with Gasteiger partial charge < -0.3 is 14.2 Å². The first-order chi connectivity index (χ1) is 14.0. The van der Waals surface area contributed by atoms with E-state index in [9.17, 15) is 9.59 Å². The molecule has 5 heteroatoms. The lowest BCUT2D eigenvalue weighted by molar-refractivity contribution is 0.0734. The molecule has 29 heavy (non-hydrogen) atoms. The molecule has 0 unspecified atom stereocenters. The van der Waals surface area contributed by atoms with Crippen molar-refractivity contribution in [3.63, 3.8) is 0 Å². The number of hydrogen-bond donors (Lipinski definition) is 0. The summed E-state index contributed by atoms with van der Waals surface area (Å²) in [4.78, 5) is 25.1. The van der Waals surface area contributed by atoms with Gasteiger partial charge in [-0.25, -0.2) is 4.79 Å². The van der Waals surface area contributed by atoms with Crippen LogP contribution in [0.1, 0.15) is 31.8 Å². The first-order valence-corrected chi connectivity index (χ1v) is 9.05. The van der Waals surface area contributed by atoms with Gasteiger partial charge in [-0.15, -0.1) is 0 Å². The topological polar surface area (TPSA) is 61.8 Å². The summed E-state index contributed by atoms with van der Waals surface area (Å²) in [6.07, 6.45) is 1.58. The first kappa shape index (κ1) is 18.5. The Bertz CT molecular complexity index is 1130. The van der Waals surface area contributed by atoms with E-state index in [0.717, 1.165) is 5.56 Å². The van der Waals surface area contributed by atoms with Crippen molar-refractivity contribution >= 4 is 17.8 Å². The molecule has 1 aliphatic heterocycles. The van der Waals surface area contributed by atoms with Gasteiger partial charge in [0.15, 0.2) is 5.76 Å². The number of esters is 1. The van der Waals surface area contributed by atoms with Gasteiger partial charge in [0.1, 0.15) is 17.2 Å². The highest BCUT2D eigenvalue weighted by atomic mass is 16.5. The fraction of sp³-hybridized carbons (Fsp3) is 0.0833. The number of Topliss-reactive ketones (excluding diaryl/α,β-unsaturated/α-hetero) is 1. The van der Waals surface area contributed by atoms with Gasteiger partial charge in [0.05, 0.1) is 18.2 Å². The Hall–Kier alpha value is -3.86. The van der Waals surface area contributed by atoms with Gasteiger partial charge in [-0.3, -0.25) is 4.79 Å². The Kier molecular flexibility index (Phi) is 4.87. The lowest BCUT2D eigenvalue weighted by Crippen LogP contribution is -2.09. The predicted octanol–water partition coefficient (Wildman–Crippen LogP) is 4.84. The normalized spacial score (nSPS) is 13.7. The number of benzene rings is 3. The summed E-state index contributed by atoms with van der Waals surface area (Å²) in [5.41, 5.74) is 2.53. The number of ketones is 1. The predicted molar refractivity (Wildman–Crippen MR) is 109 cm³/mol. The summed E-state index contributed by atoms with van der Waals surface area (Å²) in [5.74, 6) is 0.840. The molecule has 3 aromatic rings. The lowest BCUT2D eigenvalue weighted by atomic mass is 10.1. The number of carbonyl (C=O) groups is 2. The third kappa shape index (κ3) is 3.75. The van der Waals surface area contributed by atoms with Crippen molar-refractivity contribution in [2.24, 2.45) is 0 Å². The average molecular weight is 386 g/mol. The second-order valence-corrected chi connectivity index (χ2v) is 6.60. The van der Waals surface area contributed by atoms with E-state index < -0.39 is 5.97 Å². The van der Waals surface area contributed by atoms with Gasteiger partial charge >= 0.3 is 5.97 Å². The van der Waals surface area contributed by atoms with Crippen LogP contribution in [0.3, 0.4) is 0 Å². The molecule has 3 aromatic carbocycles. The first-order valence-electron chi connectivity index (χ1n) is 9.05. The molecule has 0 saturated carbocycles. The lowest BCUT2D eigenvalue weighted by Gasteiger charge is -2.08. The second kappa shape index (κ2) is 7.64. The molecule has 0 aromatic heterocycles. The van der Waals surface area contributed by atoms with Crippen LogP contribution in [0.15, 0.2) is 72.5 Å². The number of hydrogen-bond acceptors (Lipinski definition) is 5. The fourth-order valence-corrected chi connectivity index (χ4v) is 2.98. The Morgan fingerprint density at radius 1 is 1.00 bits per heavy atom. The molecule has 0 aliphatic carbocycles. The average Bonchev–Trinajstić information content (AvgIpc) is 3.04. The largest absolute Gasteiger partial charge is 0.497 e. The van der Waals surface area contributed by atoms with E-state index in [0.29, 0.717) is 33.9 Å². The molecule has 5 nitrogen and oxygen atoms in total. The Balaban J connectivity index is 1.61. The smallest absolute Gasteiger partial charge is 0.343 e. The zero-order valence-electron chi connectivity index (χ0n) is 16.0. The van der Waals surface area contributed by atoms with Crippen LogP contribution < -0.4 is 14.2 Å². The molecular weight excluding hydrogens is 368 g/mol. The summed E-state index contributed by atoms with van der Waals surface area (Å²) < 4.78 is 16.4. The van der Waals surface area contributed by atoms with Gasteiger partial charge in [0, 0.05) is 11.6 Å². The minimum atomic E-state index is -0.470. The number of fused-ring (bicyclic) bond motifs is 1. The minimum Gasteiger partial charge on any atom is -0.497 e. The molecule has 0 amide bonds. The van der Waals surface area contributed by atoms with Crippen molar-refractivity contribution in [1.29, 1.82) is 0 Å². The highest BCUT2D eigenvalue weighted by Crippen LogP contribution is 2.35. The van der Waals surface area contributed by atoms with Crippen LogP contribution in [0.2, 0.25) is 0 Å². The van der Waals surface area contributed by atoms with E-state index >= 15 is 0 Å². The van der Waals surface area contributed by atoms with Crippen molar-refractivity contribution in [3.8, 4) is 17.2 Å². The zero-order chi connectivity index (χ0) is 20.4. The van der Waals surface area contributed by atoms with Crippen LogP contribution in [-0.4, -0.2) is 18.9 Å². The summed E-state index contributed by atoms with van der Waals surface area (Å²) in [6, 6.07) is 19.2. The number of allylic oxidation sites excluding steroid dienone is 1. The van der Waals surface area contributed by atoms with Gasteiger partial charge in [0.25, 0.3) is 0 Å². The fourth-order valence-electron chi connectivity index (χ4n) is 2.98. The van der Waals surface area contributed by atoms with Crippen molar-refractivity contribution in [1.82, 2.24) is 0 Å². The van der Waals surface area contributed by atoms with Crippen molar-refractivity contribution in [3.05, 3.63) is 94.7 Å². The third-order valence-corrected chi connectivity index (χ3v) is 4.57. The highest BCUT2D eigenvalue weighted by molar-refractivity contribution is 6.14. The van der Waals surface area contributed by atoms with Crippen LogP contribution in [0, 0.1) is 6.92 Å². The Morgan fingerprint density at radius 2 is 1.76 bits per heavy atom. The summed E-state index contributed by atoms with van der Waals surface area (Å²) in [6.45, 7) is 1.95. The van der Waals surface area contributed by atoms with E-state index in [1.165, 1.54) is 0 Å². The van der Waals surface area contributed by atoms with E-state index in [1.807, 2.05) is 19.1 Å². The molecule has 0 fully saturated rings. The molecule has 0 atom stereocenters. The molecule has 4 rings (SSSR count). The minimum absolute atomic E-state index is 0.159. The SMILES string of the molecule is COc1ccc2c(c1)O/C(=C\c1ccccc1OC(=O)c1ccc(C)cc1)C2=O.